The largest absolute Gasteiger partial charge is 0.416 e. The Morgan fingerprint density at radius 2 is 1.76 bits per heavy atom. The van der Waals surface area contributed by atoms with Crippen LogP contribution in [-0.2, 0) is 16.2 Å². The van der Waals surface area contributed by atoms with Gasteiger partial charge in [-0.25, -0.2) is 13.1 Å². The van der Waals surface area contributed by atoms with E-state index >= 15 is 0 Å². The van der Waals surface area contributed by atoms with Crippen LogP contribution in [0.2, 0.25) is 0 Å². The first-order valence-corrected chi connectivity index (χ1v) is 7.51. The summed E-state index contributed by atoms with van der Waals surface area (Å²) in [5.41, 5.74) is -2.62. The minimum absolute atomic E-state index is 0.0677. The Kier molecular flexibility index (Phi) is 5.37. The summed E-state index contributed by atoms with van der Waals surface area (Å²) in [7, 11) is -4.31. The van der Waals surface area contributed by atoms with Gasteiger partial charge < -0.3 is 10.2 Å². The van der Waals surface area contributed by atoms with Gasteiger partial charge in [-0.15, -0.1) is 0 Å². The Morgan fingerprint density at radius 3 is 2.19 bits per heavy atom. The van der Waals surface area contributed by atoms with Gasteiger partial charge in [-0.05, 0) is 24.6 Å². The Hall–Kier alpha value is -1.16. The highest BCUT2D eigenvalue weighted by molar-refractivity contribution is 7.89. The van der Waals surface area contributed by atoms with Crippen LogP contribution in [0.25, 0.3) is 0 Å². The normalized spacial score (nSPS) is 13.4. The van der Waals surface area contributed by atoms with Crippen molar-refractivity contribution in [3.05, 3.63) is 29.8 Å². The third kappa shape index (κ3) is 4.16. The van der Waals surface area contributed by atoms with Crippen LogP contribution in [0.3, 0.4) is 0 Å². The number of aliphatic hydroxyl groups is 2. The average molecular weight is 327 g/mol. The van der Waals surface area contributed by atoms with Gasteiger partial charge in [0.2, 0.25) is 10.0 Å². The van der Waals surface area contributed by atoms with Crippen molar-refractivity contribution in [3.63, 3.8) is 0 Å². The van der Waals surface area contributed by atoms with Gasteiger partial charge in [-0.2, -0.15) is 13.2 Å². The van der Waals surface area contributed by atoms with Crippen molar-refractivity contribution in [2.75, 3.05) is 13.2 Å². The minimum atomic E-state index is -4.67. The molecule has 0 radical (unpaired) electrons. The SMILES string of the molecule is CCC(CO)(CO)NS(=O)(=O)c1cccc(C(F)(F)F)c1. The second kappa shape index (κ2) is 6.30. The van der Waals surface area contributed by atoms with E-state index in [2.05, 4.69) is 4.72 Å². The molecule has 0 aliphatic heterocycles. The van der Waals surface area contributed by atoms with Crippen LogP contribution < -0.4 is 4.72 Å². The summed E-state index contributed by atoms with van der Waals surface area (Å²) in [6.07, 6.45) is -4.60. The summed E-state index contributed by atoms with van der Waals surface area (Å²) in [5.74, 6) is 0. The van der Waals surface area contributed by atoms with E-state index in [9.17, 15) is 31.8 Å². The molecule has 0 saturated carbocycles. The molecular weight excluding hydrogens is 311 g/mol. The van der Waals surface area contributed by atoms with E-state index in [-0.39, 0.29) is 6.42 Å². The molecule has 0 heterocycles. The number of sulfonamides is 1. The molecule has 1 aromatic carbocycles. The first-order valence-electron chi connectivity index (χ1n) is 6.03. The number of halogens is 3. The molecule has 3 N–H and O–H groups in total. The molecule has 0 aliphatic rings. The highest BCUT2D eigenvalue weighted by atomic mass is 32.2. The van der Waals surface area contributed by atoms with E-state index in [1.807, 2.05) is 0 Å². The number of hydrogen-bond acceptors (Lipinski definition) is 4. The van der Waals surface area contributed by atoms with Gasteiger partial charge in [-0.3, -0.25) is 0 Å². The van der Waals surface area contributed by atoms with E-state index in [4.69, 9.17) is 0 Å². The molecule has 5 nitrogen and oxygen atoms in total. The molecule has 9 heteroatoms. The zero-order valence-corrected chi connectivity index (χ0v) is 12.0. The van der Waals surface area contributed by atoms with Crippen molar-refractivity contribution in [3.8, 4) is 0 Å². The number of hydrogen-bond donors (Lipinski definition) is 3. The standard InChI is InChI=1S/C12H16F3NO4S/c1-2-11(7-17,8-18)16-21(19,20)10-5-3-4-9(6-10)12(13,14)15/h3-6,16-18H,2,7-8H2,1H3. The highest BCUT2D eigenvalue weighted by Crippen LogP contribution is 2.30. The molecule has 21 heavy (non-hydrogen) atoms. The van der Waals surface area contributed by atoms with Crippen LogP contribution in [0.1, 0.15) is 18.9 Å². The smallest absolute Gasteiger partial charge is 0.394 e. The fraction of sp³-hybridized carbons (Fsp3) is 0.500. The van der Waals surface area contributed by atoms with Gasteiger partial charge in [-0.1, -0.05) is 13.0 Å². The molecule has 0 fully saturated rings. The monoisotopic (exact) mass is 327 g/mol. The number of aliphatic hydroxyl groups excluding tert-OH is 2. The minimum Gasteiger partial charge on any atom is -0.394 e. The van der Waals surface area contributed by atoms with Crippen molar-refractivity contribution in [2.45, 2.75) is 30.0 Å². The maximum atomic E-state index is 12.6. The van der Waals surface area contributed by atoms with Crippen LogP contribution in [0.5, 0.6) is 0 Å². The fourth-order valence-electron chi connectivity index (χ4n) is 1.59. The summed E-state index contributed by atoms with van der Waals surface area (Å²) < 4.78 is 64.1. The van der Waals surface area contributed by atoms with Gasteiger partial charge in [0.1, 0.15) is 0 Å². The Morgan fingerprint density at radius 1 is 1.19 bits per heavy atom. The van der Waals surface area contributed by atoms with Crippen LogP contribution in [-0.4, -0.2) is 37.4 Å². The van der Waals surface area contributed by atoms with Gasteiger partial charge >= 0.3 is 6.18 Å². The van der Waals surface area contributed by atoms with Crippen molar-refractivity contribution in [1.29, 1.82) is 0 Å². The lowest BCUT2D eigenvalue weighted by Crippen LogP contribution is -2.53. The zero-order valence-electron chi connectivity index (χ0n) is 11.2. The summed E-state index contributed by atoms with van der Waals surface area (Å²) in [6.45, 7) is 0.164. The van der Waals surface area contributed by atoms with Crippen LogP contribution >= 0.6 is 0 Å². The number of rotatable bonds is 6. The van der Waals surface area contributed by atoms with Gasteiger partial charge in [0.15, 0.2) is 0 Å². The van der Waals surface area contributed by atoms with E-state index in [1.54, 1.807) is 0 Å². The molecular formula is C12H16F3NO4S. The molecule has 0 aromatic heterocycles. The predicted octanol–water partition coefficient (Wildman–Crippen LogP) is 1.12. The third-order valence-corrected chi connectivity index (χ3v) is 4.68. The van der Waals surface area contributed by atoms with E-state index in [0.29, 0.717) is 6.07 Å². The van der Waals surface area contributed by atoms with Crippen LogP contribution in [0.4, 0.5) is 13.2 Å². The lowest BCUT2D eigenvalue weighted by atomic mass is 10.0. The summed E-state index contributed by atoms with van der Waals surface area (Å²) in [4.78, 5) is -0.586. The quantitative estimate of drug-likeness (QED) is 0.731. The van der Waals surface area contributed by atoms with Crippen molar-refractivity contribution in [2.24, 2.45) is 0 Å². The Balaban J connectivity index is 3.20. The first kappa shape index (κ1) is 17.9. The van der Waals surface area contributed by atoms with Crippen LogP contribution in [0.15, 0.2) is 29.2 Å². The molecule has 120 valence electrons. The molecule has 0 unspecified atom stereocenters. The fourth-order valence-corrected chi connectivity index (χ4v) is 3.10. The molecule has 0 saturated heterocycles. The summed E-state index contributed by atoms with van der Waals surface area (Å²) in [6, 6.07) is 3.23. The van der Waals surface area contributed by atoms with Crippen molar-refractivity contribution in [1.82, 2.24) is 4.72 Å². The van der Waals surface area contributed by atoms with Gasteiger partial charge in [0.05, 0.1) is 29.2 Å². The second-order valence-electron chi connectivity index (χ2n) is 4.58. The lowest BCUT2D eigenvalue weighted by molar-refractivity contribution is -0.137. The van der Waals surface area contributed by atoms with E-state index in [0.717, 1.165) is 18.2 Å². The van der Waals surface area contributed by atoms with Gasteiger partial charge in [0, 0.05) is 0 Å². The predicted molar refractivity (Wildman–Crippen MR) is 69.0 cm³/mol. The maximum absolute atomic E-state index is 12.6. The number of alkyl halides is 3. The van der Waals surface area contributed by atoms with E-state index in [1.165, 1.54) is 6.92 Å². The molecule has 0 amide bonds. The average Bonchev–Trinajstić information content (AvgIpc) is 2.44. The van der Waals surface area contributed by atoms with Crippen molar-refractivity contribution >= 4 is 10.0 Å². The topological polar surface area (TPSA) is 86.6 Å². The maximum Gasteiger partial charge on any atom is 0.416 e. The molecule has 0 aliphatic carbocycles. The zero-order chi connectivity index (χ0) is 16.3. The molecule has 0 spiro atoms. The third-order valence-electron chi connectivity index (χ3n) is 3.10. The lowest BCUT2D eigenvalue weighted by Gasteiger charge is -2.29. The van der Waals surface area contributed by atoms with Crippen LogP contribution in [0, 0.1) is 0 Å². The molecule has 1 aromatic rings. The summed E-state index contributed by atoms with van der Waals surface area (Å²) in [5, 5.41) is 18.4. The Labute approximate surface area is 120 Å². The second-order valence-corrected chi connectivity index (χ2v) is 6.26. The number of benzene rings is 1. The first-order chi connectivity index (χ1) is 9.60. The molecule has 0 atom stereocenters. The van der Waals surface area contributed by atoms with E-state index < -0.39 is 45.4 Å². The van der Waals surface area contributed by atoms with Crippen molar-refractivity contribution < 1.29 is 31.8 Å². The Bertz CT molecular complexity index is 574. The van der Waals surface area contributed by atoms with Gasteiger partial charge in [0.25, 0.3) is 0 Å². The molecule has 1 rings (SSSR count). The highest BCUT2D eigenvalue weighted by Gasteiger charge is 2.35. The summed E-state index contributed by atoms with van der Waals surface area (Å²) >= 11 is 0. The molecule has 0 bridgehead atoms. The number of nitrogens with one attached hydrogen (secondary N) is 1.